The number of rotatable bonds is 2. The van der Waals surface area contributed by atoms with Crippen molar-refractivity contribution in [1.29, 1.82) is 0 Å². The second kappa shape index (κ2) is 4.83. The third-order valence-corrected chi connectivity index (χ3v) is 4.97. The number of halogens is 2. The summed E-state index contributed by atoms with van der Waals surface area (Å²) < 4.78 is 7.67. The van der Waals surface area contributed by atoms with Crippen LogP contribution in [0.2, 0.25) is 10.0 Å². The molecule has 2 bridgehead atoms. The van der Waals surface area contributed by atoms with E-state index in [1.165, 1.54) is 0 Å². The van der Waals surface area contributed by atoms with E-state index in [4.69, 9.17) is 33.7 Å². The van der Waals surface area contributed by atoms with E-state index in [1.807, 2.05) is 0 Å². The number of nitrogen functional groups attached to an aromatic ring is 1. The monoisotopic (exact) mass is 325 g/mol. The van der Waals surface area contributed by atoms with Gasteiger partial charge < -0.3 is 10.5 Å². The highest BCUT2D eigenvalue weighted by Gasteiger charge is 2.43. The molecule has 3 atom stereocenters. The maximum Gasteiger partial charge on any atom is 0.184 e. The summed E-state index contributed by atoms with van der Waals surface area (Å²) in [5.74, 6) is 0.579. The predicted octanol–water partition coefficient (Wildman–Crippen LogP) is 2.72. The standard InChI is InChI=1S/C13H13Cl2N5O/c14-9-4-6(16)3-8(12(9)15)13-17-18-19-20(13)10-5-7-1-2-11(10)21-7/h3-4,7,10-11H,1-2,5,16H2. The Balaban J connectivity index is 1.79. The van der Waals surface area contributed by atoms with Crippen LogP contribution in [0.5, 0.6) is 0 Å². The second-order valence-corrected chi connectivity index (χ2v) is 6.27. The van der Waals surface area contributed by atoms with Gasteiger partial charge in [0.25, 0.3) is 0 Å². The highest BCUT2D eigenvalue weighted by molar-refractivity contribution is 6.43. The van der Waals surface area contributed by atoms with Gasteiger partial charge in [-0.05, 0) is 41.8 Å². The van der Waals surface area contributed by atoms with Gasteiger partial charge in [-0.2, -0.15) is 0 Å². The van der Waals surface area contributed by atoms with Crippen LogP contribution in [0.15, 0.2) is 12.1 Å². The third-order valence-electron chi connectivity index (χ3n) is 4.17. The Bertz CT molecular complexity index is 704. The minimum atomic E-state index is 0.144. The molecule has 2 saturated heterocycles. The Labute approximate surface area is 131 Å². The largest absolute Gasteiger partial charge is 0.399 e. The molecule has 2 aromatic rings. The number of nitrogens with two attached hydrogens (primary N) is 1. The molecule has 6 nitrogen and oxygen atoms in total. The Morgan fingerprint density at radius 2 is 2.14 bits per heavy atom. The smallest absolute Gasteiger partial charge is 0.184 e. The first kappa shape index (κ1) is 13.3. The van der Waals surface area contributed by atoms with Crippen molar-refractivity contribution in [3.05, 3.63) is 22.2 Å². The van der Waals surface area contributed by atoms with Crippen molar-refractivity contribution in [2.24, 2.45) is 0 Å². The normalized spacial score (nSPS) is 27.4. The summed E-state index contributed by atoms with van der Waals surface area (Å²) in [5, 5.41) is 12.8. The molecular formula is C13H13Cl2N5O. The van der Waals surface area contributed by atoms with Crippen LogP contribution in [0.3, 0.4) is 0 Å². The molecule has 4 rings (SSSR count). The van der Waals surface area contributed by atoms with Crippen molar-refractivity contribution in [3.8, 4) is 11.4 Å². The molecular weight excluding hydrogens is 313 g/mol. The lowest BCUT2D eigenvalue weighted by molar-refractivity contribution is 0.0922. The first-order valence-corrected chi connectivity index (χ1v) is 7.57. The molecule has 2 aliphatic rings. The number of tetrazole rings is 1. The second-order valence-electron chi connectivity index (χ2n) is 5.49. The van der Waals surface area contributed by atoms with Crippen LogP contribution in [-0.2, 0) is 4.74 Å². The zero-order valence-corrected chi connectivity index (χ0v) is 12.6. The van der Waals surface area contributed by atoms with E-state index in [0.29, 0.717) is 33.2 Å². The summed E-state index contributed by atoms with van der Waals surface area (Å²) in [7, 11) is 0. The molecule has 0 radical (unpaired) electrons. The molecule has 1 aromatic heterocycles. The molecule has 21 heavy (non-hydrogen) atoms. The van der Waals surface area contributed by atoms with E-state index in [-0.39, 0.29) is 12.1 Å². The van der Waals surface area contributed by atoms with Crippen LogP contribution in [0.25, 0.3) is 11.4 Å². The summed E-state index contributed by atoms with van der Waals surface area (Å²) in [4.78, 5) is 0. The van der Waals surface area contributed by atoms with Gasteiger partial charge in [0.05, 0.1) is 28.3 Å². The van der Waals surface area contributed by atoms with Crippen LogP contribution in [-0.4, -0.2) is 32.4 Å². The van der Waals surface area contributed by atoms with Gasteiger partial charge in [-0.25, -0.2) is 4.68 Å². The average molecular weight is 326 g/mol. The highest BCUT2D eigenvalue weighted by Crippen LogP contribution is 2.43. The first-order chi connectivity index (χ1) is 10.1. The molecule has 0 amide bonds. The van der Waals surface area contributed by atoms with Crippen LogP contribution in [0, 0.1) is 0 Å². The van der Waals surface area contributed by atoms with Gasteiger partial charge in [-0.3, -0.25) is 0 Å². The van der Waals surface area contributed by atoms with Crippen LogP contribution in [0.1, 0.15) is 25.3 Å². The zero-order valence-electron chi connectivity index (χ0n) is 11.0. The van der Waals surface area contributed by atoms with Crippen molar-refractivity contribution in [3.63, 3.8) is 0 Å². The predicted molar refractivity (Wildman–Crippen MR) is 79.2 cm³/mol. The van der Waals surface area contributed by atoms with Crippen LogP contribution in [0.4, 0.5) is 5.69 Å². The van der Waals surface area contributed by atoms with E-state index < -0.39 is 0 Å². The molecule has 0 aliphatic carbocycles. The van der Waals surface area contributed by atoms with Crippen molar-refractivity contribution in [1.82, 2.24) is 20.2 Å². The fourth-order valence-corrected chi connectivity index (χ4v) is 3.66. The van der Waals surface area contributed by atoms with Gasteiger partial charge in [0.15, 0.2) is 5.82 Å². The van der Waals surface area contributed by atoms with Gasteiger partial charge in [0.2, 0.25) is 0 Å². The number of anilines is 1. The molecule has 8 heteroatoms. The van der Waals surface area contributed by atoms with E-state index in [9.17, 15) is 0 Å². The van der Waals surface area contributed by atoms with Gasteiger partial charge >= 0.3 is 0 Å². The van der Waals surface area contributed by atoms with E-state index in [2.05, 4.69) is 15.5 Å². The molecule has 3 unspecified atom stereocenters. The molecule has 110 valence electrons. The van der Waals surface area contributed by atoms with Crippen LogP contribution < -0.4 is 5.73 Å². The number of aromatic nitrogens is 4. The van der Waals surface area contributed by atoms with Crippen molar-refractivity contribution >= 4 is 28.9 Å². The maximum atomic E-state index is 6.29. The highest BCUT2D eigenvalue weighted by atomic mass is 35.5. The Kier molecular flexibility index (Phi) is 3.06. The Morgan fingerprint density at radius 3 is 2.86 bits per heavy atom. The molecule has 2 N–H and O–H groups in total. The molecule has 0 saturated carbocycles. The first-order valence-electron chi connectivity index (χ1n) is 6.81. The lowest BCUT2D eigenvalue weighted by Gasteiger charge is -2.20. The van der Waals surface area contributed by atoms with E-state index >= 15 is 0 Å². The van der Waals surface area contributed by atoms with Crippen molar-refractivity contribution in [2.75, 3.05) is 5.73 Å². The van der Waals surface area contributed by atoms with Crippen molar-refractivity contribution in [2.45, 2.75) is 37.5 Å². The average Bonchev–Trinajstić information content (AvgIpc) is 3.17. The lowest BCUT2D eigenvalue weighted by Crippen LogP contribution is -2.23. The number of hydrogen-bond acceptors (Lipinski definition) is 5. The maximum absolute atomic E-state index is 6.29. The quantitative estimate of drug-likeness (QED) is 0.859. The lowest BCUT2D eigenvalue weighted by atomic mass is 9.95. The molecule has 0 spiro atoms. The minimum absolute atomic E-state index is 0.144. The summed E-state index contributed by atoms with van der Waals surface area (Å²) >= 11 is 12.4. The Morgan fingerprint density at radius 1 is 1.29 bits per heavy atom. The fraction of sp³-hybridized carbons (Fsp3) is 0.462. The van der Waals surface area contributed by atoms with E-state index in [1.54, 1.807) is 16.8 Å². The third kappa shape index (κ3) is 2.09. The number of nitrogens with zero attached hydrogens (tertiary/aromatic N) is 4. The van der Waals surface area contributed by atoms with Gasteiger partial charge in [0, 0.05) is 11.3 Å². The molecule has 2 fully saturated rings. The summed E-state index contributed by atoms with van der Waals surface area (Å²) in [6.07, 6.45) is 3.57. The minimum Gasteiger partial charge on any atom is -0.399 e. The van der Waals surface area contributed by atoms with Gasteiger partial charge in [0.1, 0.15) is 0 Å². The van der Waals surface area contributed by atoms with Gasteiger partial charge in [-0.15, -0.1) is 5.10 Å². The number of hydrogen-bond donors (Lipinski definition) is 1. The number of ether oxygens (including phenoxy) is 1. The van der Waals surface area contributed by atoms with Crippen LogP contribution >= 0.6 is 23.2 Å². The zero-order chi connectivity index (χ0) is 14.6. The molecule has 2 aliphatic heterocycles. The summed E-state index contributed by atoms with van der Waals surface area (Å²) in [6, 6.07) is 3.50. The molecule has 1 aromatic carbocycles. The summed E-state index contributed by atoms with van der Waals surface area (Å²) in [6.45, 7) is 0. The van der Waals surface area contributed by atoms with E-state index in [0.717, 1.165) is 19.3 Å². The van der Waals surface area contributed by atoms with Gasteiger partial charge in [-0.1, -0.05) is 23.2 Å². The number of fused-ring (bicyclic) bond motifs is 2. The number of benzene rings is 1. The topological polar surface area (TPSA) is 78.9 Å². The summed E-state index contributed by atoms with van der Waals surface area (Å²) in [5.41, 5.74) is 7.03. The SMILES string of the molecule is Nc1cc(Cl)c(Cl)c(-c2nnnn2C2CC3CCC2O3)c1. The molecule has 3 heterocycles. The Hall–Kier alpha value is -1.37. The fourth-order valence-electron chi connectivity index (χ4n) is 3.24. The van der Waals surface area contributed by atoms with Crippen molar-refractivity contribution < 1.29 is 4.74 Å².